The smallest absolute Gasteiger partial charge is 0.259 e. The van der Waals surface area contributed by atoms with Crippen LogP contribution in [0.15, 0.2) is 54.0 Å². The first-order chi connectivity index (χ1) is 16.5. The molecule has 0 unspecified atom stereocenters. The predicted octanol–water partition coefficient (Wildman–Crippen LogP) is 4.43. The molecule has 0 spiro atoms. The molecule has 0 aliphatic carbocycles. The Hall–Kier alpha value is -3.27. The Bertz CT molecular complexity index is 1280. The SMILES string of the molecule is CC1(C)CN(CCOc2ccccc2-c2nc3c(C(=O)Nc4nccs4)cccc3[nH]2)CCO1. The number of para-hydroxylation sites is 2. The molecule has 0 radical (unpaired) electrons. The van der Waals surface area contributed by atoms with Crippen LogP contribution in [0.4, 0.5) is 5.13 Å². The number of nitrogens with zero attached hydrogens (tertiary/aromatic N) is 3. The molecule has 1 aliphatic heterocycles. The Morgan fingerprint density at radius 2 is 2.15 bits per heavy atom. The van der Waals surface area contributed by atoms with Gasteiger partial charge in [-0.15, -0.1) is 11.3 Å². The molecule has 1 fully saturated rings. The average molecular weight is 478 g/mol. The number of hydrogen-bond acceptors (Lipinski definition) is 7. The van der Waals surface area contributed by atoms with Gasteiger partial charge in [0.05, 0.1) is 28.9 Å². The third-order valence-corrected chi connectivity index (χ3v) is 6.41. The number of thiazole rings is 1. The second-order valence-corrected chi connectivity index (χ2v) is 9.70. The van der Waals surface area contributed by atoms with Gasteiger partial charge < -0.3 is 14.5 Å². The average Bonchev–Trinajstić information content (AvgIpc) is 3.48. The molecule has 1 amide bonds. The van der Waals surface area contributed by atoms with Crippen molar-refractivity contribution < 1.29 is 14.3 Å². The van der Waals surface area contributed by atoms with Crippen LogP contribution in [0.25, 0.3) is 22.4 Å². The number of hydrogen-bond donors (Lipinski definition) is 2. The van der Waals surface area contributed by atoms with Gasteiger partial charge in [-0.1, -0.05) is 18.2 Å². The molecule has 34 heavy (non-hydrogen) atoms. The maximum Gasteiger partial charge on any atom is 0.259 e. The Balaban J connectivity index is 1.34. The number of benzene rings is 2. The number of H-pyrrole nitrogens is 1. The van der Waals surface area contributed by atoms with Gasteiger partial charge in [0.15, 0.2) is 5.13 Å². The summed E-state index contributed by atoms with van der Waals surface area (Å²) in [6, 6.07) is 13.3. The highest BCUT2D eigenvalue weighted by Crippen LogP contribution is 2.30. The van der Waals surface area contributed by atoms with E-state index in [2.05, 4.69) is 34.0 Å². The molecule has 176 valence electrons. The van der Waals surface area contributed by atoms with E-state index >= 15 is 0 Å². The highest BCUT2D eigenvalue weighted by molar-refractivity contribution is 7.13. The van der Waals surface area contributed by atoms with Crippen molar-refractivity contribution in [3.05, 3.63) is 59.6 Å². The Labute approximate surface area is 201 Å². The largest absolute Gasteiger partial charge is 0.491 e. The van der Waals surface area contributed by atoms with Crippen molar-refractivity contribution in [1.82, 2.24) is 19.9 Å². The molecule has 2 aromatic heterocycles. The van der Waals surface area contributed by atoms with E-state index in [0.717, 1.165) is 43.1 Å². The van der Waals surface area contributed by atoms with Crippen molar-refractivity contribution >= 4 is 33.4 Å². The number of fused-ring (bicyclic) bond motifs is 1. The molecule has 4 aromatic rings. The molecule has 0 atom stereocenters. The van der Waals surface area contributed by atoms with Crippen LogP contribution in [0.2, 0.25) is 0 Å². The zero-order valence-electron chi connectivity index (χ0n) is 19.2. The fourth-order valence-electron chi connectivity index (χ4n) is 4.17. The molecule has 3 heterocycles. The summed E-state index contributed by atoms with van der Waals surface area (Å²) in [6.45, 7) is 8.14. The molecule has 0 saturated carbocycles. The zero-order chi connectivity index (χ0) is 23.5. The van der Waals surface area contributed by atoms with Gasteiger partial charge >= 0.3 is 0 Å². The first-order valence-corrected chi connectivity index (χ1v) is 12.1. The lowest BCUT2D eigenvalue weighted by atomic mass is 10.1. The second-order valence-electron chi connectivity index (χ2n) is 8.81. The predicted molar refractivity (Wildman–Crippen MR) is 134 cm³/mol. The van der Waals surface area contributed by atoms with Crippen LogP contribution >= 0.6 is 11.3 Å². The van der Waals surface area contributed by atoms with E-state index in [9.17, 15) is 4.79 Å². The topological polar surface area (TPSA) is 92.4 Å². The minimum Gasteiger partial charge on any atom is -0.491 e. The molecule has 0 bridgehead atoms. The summed E-state index contributed by atoms with van der Waals surface area (Å²) in [5.74, 6) is 1.17. The van der Waals surface area contributed by atoms with E-state index < -0.39 is 0 Å². The number of ether oxygens (including phenoxy) is 2. The van der Waals surface area contributed by atoms with E-state index in [0.29, 0.717) is 28.6 Å². The number of carbonyl (C=O) groups excluding carboxylic acids is 1. The van der Waals surface area contributed by atoms with Crippen LogP contribution in [0, 0.1) is 0 Å². The van der Waals surface area contributed by atoms with Crippen LogP contribution < -0.4 is 10.1 Å². The highest BCUT2D eigenvalue weighted by atomic mass is 32.1. The van der Waals surface area contributed by atoms with Crippen LogP contribution in [-0.2, 0) is 4.74 Å². The summed E-state index contributed by atoms with van der Waals surface area (Å²) >= 11 is 1.37. The third kappa shape index (κ3) is 4.96. The van der Waals surface area contributed by atoms with Crippen LogP contribution in [-0.4, -0.2) is 64.2 Å². The van der Waals surface area contributed by atoms with E-state index in [1.165, 1.54) is 11.3 Å². The van der Waals surface area contributed by atoms with Gasteiger partial charge in [0, 0.05) is 31.2 Å². The van der Waals surface area contributed by atoms with Gasteiger partial charge in [-0.25, -0.2) is 9.97 Å². The molecule has 1 saturated heterocycles. The summed E-state index contributed by atoms with van der Waals surface area (Å²) in [5.41, 5.74) is 2.61. The molecule has 1 aliphatic rings. The number of nitrogens with one attached hydrogen (secondary N) is 2. The monoisotopic (exact) mass is 477 g/mol. The van der Waals surface area contributed by atoms with Crippen molar-refractivity contribution in [1.29, 1.82) is 0 Å². The standard InChI is InChI=1S/C25H27N5O3S/c1-25(2)16-30(12-14-33-25)11-13-32-20-9-4-3-6-17(20)22-27-19-8-5-7-18(21(19)28-22)23(31)29-24-26-10-15-34-24/h3-10,15H,11-14,16H2,1-2H3,(H,27,28)(H,26,29,31). The quantitative estimate of drug-likeness (QED) is 0.409. The van der Waals surface area contributed by atoms with Crippen molar-refractivity contribution in [2.45, 2.75) is 19.4 Å². The molecule has 9 heteroatoms. The number of amides is 1. The summed E-state index contributed by atoms with van der Waals surface area (Å²) in [7, 11) is 0. The number of rotatable bonds is 7. The number of aromatic amines is 1. The van der Waals surface area contributed by atoms with Crippen molar-refractivity contribution in [2.24, 2.45) is 0 Å². The minimum atomic E-state index is -0.239. The Morgan fingerprint density at radius 1 is 1.26 bits per heavy atom. The third-order valence-electron chi connectivity index (χ3n) is 5.72. The normalized spacial score (nSPS) is 15.9. The van der Waals surface area contributed by atoms with Crippen LogP contribution in [0.3, 0.4) is 0 Å². The van der Waals surface area contributed by atoms with Gasteiger partial charge in [0.25, 0.3) is 5.91 Å². The van der Waals surface area contributed by atoms with Crippen molar-refractivity contribution in [3.63, 3.8) is 0 Å². The number of anilines is 1. The summed E-state index contributed by atoms with van der Waals surface area (Å²) in [4.78, 5) is 27.4. The Morgan fingerprint density at radius 3 is 2.97 bits per heavy atom. The lowest BCUT2D eigenvalue weighted by molar-refractivity contribution is -0.0875. The Kier molecular flexibility index (Phi) is 6.32. The second kappa shape index (κ2) is 9.54. The van der Waals surface area contributed by atoms with Gasteiger partial charge in [0.1, 0.15) is 23.7 Å². The molecule has 2 N–H and O–H groups in total. The number of carbonyl (C=O) groups is 1. The number of aromatic nitrogens is 3. The summed E-state index contributed by atoms with van der Waals surface area (Å²) in [6.07, 6.45) is 1.66. The molecule has 5 rings (SSSR count). The van der Waals surface area contributed by atoms with Gasteiger partial charge in [-0.3, -0.25) is 15.0 Å². The lowest BCUT2D eigenvalue weighted by Crippen LogP contribution is -2.49. The summed E-state index contributed by atoms with van der Waals surface area (Å²) in [5, 5.41) is 5.21. The van der Waals surface area contributed by atoms with Gasteiger partial charge in [0.2, 0.25) is 0 Å². The molecular formula is C25H27N5O3S. The number of morpholine rings is 1. The van der Waals surface area contributed by atoms with E-state index in [4.69, 9.17) is 14.5 Å². The van der Waals surface area contributed by atoms with Crippen molar-refractivity contribution in [2.75, 3.05) is 38.2 Å². The van der Waals surface area contributed by atoms with Gasteiger partial charge in [-0.05, 0) is 38.1 Å². The number of imidazole rings is 1. The molecule has 2 aromatic carbocycles. The van der Waals surface area contributed by atoms with E-state index in [1.807, 2.05) is 41.8 Å². The maximum atomic E-state index is 12.8. The maximum absolute atomic E-state index is 12.8. The van der Waals surface area contributed by atoms with Crippen molar-refractivity contribution in [3.8, 4) is 17.1 Å². The zero-order valence-corrected chi connectivity index (χ0v) is 20.0. The fourth-order valence-corrected chi connectivity index (χ4v) is 4.69. The van der Waals surface area contributed by atoms with Crippen LogP contribution in [0.1, 0.15) is 24.2 Å². The first-order valence-electron chi connectivity index (χ1n) is 11.3. The van der Waals surface area contributed by atoms with E-state index in [-0.39, 0.29) is 11.5 Å². The fraction of sp³-hybridized carbons (Fsp3) is 0.320. The minimum absolute atomic E-state index is 0.131. The van der Waals surface area contributed by atoms with E-state index in [1.54, 1.807) is 12.3 Å². The van der Waals surface area contributed by atoms with Crippen LogP contribution in [0.5, 0.6) is 5.75 Å². The molecule has 8 nitrogen and oxygen atoms in total. The summed E-state index contributed by atoms with van der Waals surface area (Å²) < 4.78 is 12.0. The lowest BCUT2D eigenvalue weighted by Gasteiger charge is -2.38. The highest BCUT2D eigenvalue weighted by Gasteiger charge is 2.27. The van der Waals surface area contributed by atoms with Gasteiger partial charge in [-0.2, -0.15) is 0 Å². The first kappa shape index (κ1) is 22.5. The molecular weight excluding hydrogens is 450 g/mol.